The van der Waals surface area contributed by atoms with E-state index in [1.165, 1.54) is 31.4 Å². The van der Waals surface area contributed by atoms with E-state index in [1.807, 2.05) is 0 Å². The van der Waals surface area contributed by atoms with Crippen LogP contribution in [0.15, 0.2) is 36.4 Å². The van der Waals surface area contributed by atoms with Gasteiger partial charge >= 0.3 is 0 Å². The van der Waals surface area contributed by atoms with E-state index in [1.54, 1.807) is 12.1 Å². The summed E-state index contributed by atoms with van der Waals surface area (Å²) in [7, 11) is 1.42. The van der Waals surface area contributed by atoms with Crippen molar-refractivity contribution < 1.29 is 13.9 Å². The molecular weight excluding hydrogens is 263 g/mol. The van der Waals surface area contributed by atoms with Crippen molar-refractivity contribution in [1.82, 2.24) is 4.98 Å². The van der Waals surface area contributed by atoms with E-state index in [0.29, 0.717) is 11.6 Å². The summed E-state index contributed by atoms with van der Waals surface area (Å²) in [4.78, 5) is 16.0. The van der Waals surface area contributed by atoms with E-state index in [2.05, 4.69) is 15.7 Å². The Hall–Kier alpha value is -2.67. The number of methoxy groups -OCH3 is 1. The van der Waals surface area contributed by atoms with Gasteiger partial charge in [0.05, 0.1) is 7.11 Å². The SMILES string of the molecule is COc1cc(F)cc(NC(=O)c2cccc(NN)n2)c1. The average molecular weight is 276 g/mol. The topological polar surface area (TPSA) is 89.3 Å². The molecule has 104 valence electrons. The smallest absolute Gasteiger partial charge is 0.274 e. The molecule has 0 spiro atoms. The molecule has 6 nitrogen and oxygen atoms in total. The summed E-state index contributed by atoms with van der Waals surface area (Å²) in [6, 6.07) is 8.67. The first-order chi connectivity index (χ1) is 9.62. The van der Waals surface area contributed by atoms with Gasteiger partial charge in [0.2, 0.25) is 0 Å². The van der Waals surface area contributed by atoms with Crippen molar-refractivity contribution in [1.29, 1.82) is 0 Å². The molecule has 0 radical (unpaired) electrons. The van der Waals surface area contributed by atoms with Gasteiger partial charge in [-0.3, -0.25) is 4.79 Å². The standard InChI is InChI=1S/C13H13FN4O2/c1-20-10-6-8(14)5-9(7-10)16-13(19)11-3-2-4-12(17-11)18-15/h2-7H,15H2,1H3,(H,16,19)(H,17,18). The van der Waals surface area contributed by atoms with Crippen LogP contribution in [0.4, 0.5) is 15.9 Å². The second-order valence-corrected chi connectivity index (χ2v) is 3.89. The van der Waals surface area contributed by atoms with Gasteiger partial charge in [-0.25, -0.2) is 15.2 Å². The van der Waals surface area contributed by atoms with Gasteiger partial charge in [-0.15, -0.1) is 0 Å². The summed E-state index contributed by atoms with van der Waals surface area (Å²) in [5.41, 5.74) is 2.78. The van der Waals surface area contributed by atoms with E-state index in [4.69, 9.17) is 10.6 Å². The first kappa shape index (κ1) is 13.8. The lowest BCUT2D eigenvalue weighted by Crippen LogP contribution is -2.16. The number of pyridine rings is 1. The molecule has 2 rings (SSSR count). The Labute approximate surface area is 114 Å². The van der Waals surface area contributed by atoms with E-state index in [9.17, 15) is 9.18 Å². The molecule has 1 amide bonds. The molecule has 0 aliphatic rings. The zero-order valence-electron chi connectivity index (χ0n) is 10.7. The normalized spacial score (nSPS) is 9.95. The minimum Gasteiger partial charge on any atom is -0.497 e. The van der Waals surface area contributed by atoms with Gasteiger partial charge in [-0.1, -0.05) is 6.07 Å². The van der Waals surface area contributed by atoms with Crippen LogP contribution in [0.1, 0.15) is 10.5 Å². The number of halogens is 1. The van der Waals surface area contributed by atoms with Crippen LogP contribution >= 0.6 is 0 Å². The minimum absolute atomic E-state index is 0.156. The van der Waals surface area contributed by atoms with Crippen LogP contribution in [0.3, 0.4) is 0 Å². The predicted octanol–water partition coefficient (Wildman–Crippen LogP) is 1.77. The molecule has 0 saturated heterocycles. The average Bonchev–Trinajstić information content (AvgIpc) is 2.46. The highest BCUT2D eigenvalue weighted by atomic mass is 19.1. The number of hydrazine groups is 1. The number of carbonyl (C=O) groups is 1. The van der Waals surface area contributed by atoms with Crippen molar-refractivity contribution in [2.45, 2.75) is 0 Å². The van der Waals surface area contributed by atoms with Gasteiger partial charge < -0.3 is 15.5 Å². The van der Waals surface area contributed by atoms with Crippen LogP contribution in [0, 0.1) is 5.82 Å². The van der Waals surface area contributed by atoms with Crippen molar-refractivity contribution in [3.8, 4) is 5.75 Å². The fourth-order valence-electron chi connectivity index (χ4n) is 1.59. The number of hydrogen-bond acceptors (Lipinski definition) is 5. The molecule has 0 unspecified atom stereocenters. The highest BCUT2D eigenvalue weighted by molar-refractivity contribution is 6.03. The lowest BCUT2D eigenvalue weighted by Gasteiger charge is -2.08. The number of aromatic nitrogens is 1. The van der Waals surface area contributed by atoms with Crippen molar-refractivity contribution in [3.05, 3.63) is 47.9 Å². The Kier molecular flexibility index (Phi) is 4.11. The van der Waals surface area contributed by atoms with Crippen molar-refractivity contribution in [2.24, 2.45) is 5.84 Å². The first-order valence-corrected chi connectivity index (χ1v) is 5.72. The number of benzene rings is 1. The van der Waals surface area contributed by atoms with Gasteiger partial charge in [0.25, 0.3) is 5.91 Å². The maximum atomic E-state index is 13.3. The molecule has 0 aliphatic heterocycles. The Morgan fingerprint density at radius 3 is 2.85 bits per heavy atom. The third-order valence-electron chi connectivity index (χ3n) is 2.49. The predicted molar refractivity (Wildman–Crippen MR) is 73.0 cm³/mol. The number of nitrogens with one attached hydrogen (secondary N) is 2. The highest BCUT2D eigenvalue weighted by Crippen LogP contribution is 2.20. The highest BCUT2D eigenvalue weighted by Gasteiger charge is 2.10. The fourth-order valence-corrected chi connectivity index (χ4v) is 1.59. The molecule has 0 aliphatic carbocycles. The Morgan fingerprint density at radius 2 is 2.15 bits per heavy atom. The number of carbonyl (C=O) groups excluding carboxylic acids is 1. The van der Waals surface area contributed by atoms with Crippen molar-refractivity contribution in [3.63, 3.8) is 0 Å². The molecule has 2 aromatic rings. The van der Waals surface area contributed by atoms with E-state index in [0.717, 1.165) is 0 Å². The van der Waals surface area contributed by atoms with Gasteiger partial charge in [0.1, 0.15) is 23.1 Å². The molecule has 0 fully saturated rings. The second kappa shape index (κ2) is 5.98. The summed E-state index contributed by atoms with van der Waals surface area (Å²) in [5.74, 6) is 4.90. The summed E-state index contributed by atoms with van der Waals surface area (Å²) in [6.07, 6.45) is 0. The van der Waals surface area contributed by atoms with Crippen LogP contribution in [-0.4, -0.2) is 18.0 Å². The van der Waals surface area contributed by atoms with Crippen molar-refractivity contribution >= 4 is 17.4 Å². The van der Waals surface area contributed by atoms with E-state index < -0.39 is 11.7 Å². The number of anilines is 2. The summed E-state index contributed by atoms with van der Waals surface area (Å²) in [6.45, 7) is 0. The Morgan fingerprint density at radius 1 is 1.35 bits per heavy atom. The second-order valence-electron chi connectivity index (χ2n) is 3.89. The quantitative estimate of drug-likeness (QED) is 0.585. The number of nitrogens with zero attached hydrogens (tertiary/aromatic N) is 1. The number of amides is 1. The molecule has 1 heterocycles. The van der Waals surface area contributed by atoms with Crippen LogP contribution in [0.2, 0.25) is 0 Å². The van der Waals surface area contributed by atoms with Crippen LogP contribution in [-0.2, 0) is 0 Å². The zero-order valence-corrected chi connectivity index (χ0v) is 10.7. The molecular formula is C13H13FN4O2. The Bertz CT molecular complexity index is 634. The molecule has 0 saturated carbocycles. The third kappa shape index (κ3) is 3.21. The molecule has 4 N–H and O–H groups in total. The number of nitrogens with two attached hydrogens (primary N) is 1. The lowest BCUT2D eigenvalue weighted by atomic mass is 10.2. The number of hydrogen-bond donors (Lipinski definition) is 3. The number of nitrogen functional groups attached to an aromatic ring is 1. The third-order valence-corrected chi connectivity index (χ3v) is 2.49. The molecule has 7 heteroatoms. The summed E-state index contributed by atoms with van der Waals surface area (Å²) in [5, 5.41) is 2.54. The van der Waals surface area contributed by atoms with Gasteiger partial charge in [0, 0.05) is 17.8 Å². The number of rotatable bonds is 4. The molecule has 1 aromatic carbocycles. The summed E-state index contributed by atoms with van der Waals surface area (Å²) < 4.78 is 18.2. The molecule has 0 atom stereocenters. The van der Waals surface area contributed by atoms with Gasteiger partial charge in [-0.05, 0) is 18.2 Å². The molecule has 1 aromatic heterocycles. The van der Waals surface area contributed by atoms with Gasteiger partial charge in [-0.2, -0.15) is 0 Å². The van der Waals surface area contributed by atoms with E-state index >= 15 is 0 Å². The lowest BCUT2D eigenvalue weighted by molar-refractivity contribution is 0.102. The largest absolute Gasteiger partial charge is 0.497 e. The summed E-state index contributed by atoms with van der Waals surface area (Å²) >= 11 is 0. The monoisotopic (exact) mass is 276 g/mol. The Balaban J connectivity index is 2.20. The van der Waals surface area contributed by atoms with Crippen LogP contribution in [0.25, 0.3) is 0 Å². The molecule has 0 bridgehead atoms. The van der Waals surface area contributed by atoms with Crippen molar-refractivity contribution in [2.75, 3.05) is 17.9 Å². The zero-order chi connectivity index (χ0) is 14.5. The van der Waals surface area contributed by atoms with Crippen LogP contribution < -0.4 is 21.3 Å². The van der Waals surface area contributed by atoms with E-state index in [-0.39, 0.29) is 11.4 Å². The minimum atomic E-state index is -0.509. The number of ether oxygens (including phenoxy) is 1. The fraction of sp³-hybridized carbons (Fsp3) is 0.0769. The first-order valence-electron chi connectivity index (χ1n) is 5.72. The maximum Gasteiger partial charge on any atom is 0.274 e. The van der Waals surface area contributed by atoms with Gasteiger partial charge in [0.15, 0.2) is 0 Å². The van der Waals surface area contributed by atoms with Crippen LogP contribution in [0.5, 0.6) is 5.75 Å². The maximum absolute atomic E-state index is 13.3. The molecule has 20 heavy (non-hydrogen) atoms.